The Morgan fingerprint density at radius 3 is 2.52 bits per heavy atom. The van der Waals surface area contributed by atoms with Gasteiger partial charge >= 0.3 is 0 Å². The number of nitrogens with one attached hydrogen (secondary N) is 1. The van der Waals surface area contributed by atoms with E-state index in [1.54, 1.807) is 18.2 Å². The molecule has 1 N–H and O–H groups in total. The van der Waals surface area contributed by atoms with Crippen LogP contribution in [0.4, 0.5) is 0 Å². The van der Waals surface area contributed by atoms with Gasteiger partial charge in [0.1, 0.15) is 12.4 Å². The molecule has 134 valence electrons. The molecule has 0 bridgehead atoms. The Labute approximate surface area is 148 Å². The van der Waals surface area contributed by atoms with Crippen molar-refractivity contribution in [3.8, 4) is 5.75 Å². The SMILES string of the molecule is Cc1cccc(OCCNC(=O)CN(C)S(=O)(=O)c2ccccc2)c1. The lowest BCUT2D eigenvalue weighted by Crippen LogP contribution is -2.39. The van der Waals surface area contributed by atoms with Crippen LogP contribution >= 0.6 is 0 Å². The average molecular weight is 362 g/mol. The van der Waals surface area contributed by atoms with Crippen LogP contribution in [-0.4, -0.2) is 45.4 Å². The van der Waals surface area contributed by atoms with E-state index in [1.165, 1.54) is 19.2 Å². The Morgan fingerprint density at radius 2 is 1.84 bits per heavy atom. The van der Waals surface area contributed by atoms with Crippen LogP contribution in [0.1, 0.15) is 5.56 Å². The first kappa shape index (κ1) is 19.0. The summed E-state index contributed by atoms with van der Waals surface area (Å²) in [5, 5.41) is 2.65. The molecular formula is C18H22N2O4S. The van der Waals surface area contributed by atoms with E-state index in [4.69, 9.17) is 4.74 Å². The zero-order valence-electron chi connectivity index (χ0n) is 14.3. The van der Waals surface area contributed by atoms with Crippen molar-refractivity contribution in [2.75, 3.05) is 26.7 Å². The summed E-state index contributed by atoms with van der Waals surface area (Å²) >= 11 is 0. The summed E-state index contributed by atoms with van der Waals surface area (Å²) < 4.78 is 31.2. The second kappa shape index (κ2) is 8.64. The molecule has 0 aliphatic heterocycles. The molecule has 25 heavy (non-hydrogen) atoms. The van der Waals surface area contributed by atoms with E-state index in [1.807, 2.05) is 31.2 Å². The number of carbonyl (C=O) groups is 1. The van der Waals surface area contributed by atoms with Crippen LogP contribution in [0.5, 0.6) is 5.75 Å². The van der Waals surface area contributed by atoms with Gasteiger partial charge in [-0.25, -0.2) is 8.42 Å². The number of likely N-dealkylation sites (N-methyl/N-ethyl adjacent to an activating group) is 1. The van der Waals surface area contributed by atoms with Crippen molar-refractivity contribution < 1.29 is 17.9 Å². The molecule has 2 rings (SSSR count). The van der Waals surface area contributed by atoms with Crippen molar-refractivity contribution in [3.05, 3.63) is 60.2 Å². The standard InChI is InChI=1S/C18H22N2O4S/c1-15-7-6-8-16(13-15)24-12-11-19-18(21)14-20(2)25(22,23)17-9-4-3-5-10-17/h3-10,13H,11-12,14H2,1-2H3,(H,19,21). The van der Waals surface area contributed by atoms with Crippen molar-refractivity contribution in [2.24, 2.45) is 0 Å². The molecule has 1 amide bonds. The van der Waals surface area contributed by atoms with Gasteiger partial charge in [-0.05, 0) is 36.8 Å². The lowest BCUT2D eigenvalue weighted by Gasteiger charge is -2.17. The van der Waals surface area contributed by atoms with Gasteiger partial charge in [-0.15, -0.1) is 0 Å². The number of sulfonamides is 1. The summed E-state index contributed by atoms with van der Waals surface area (Å²) in [7, 11) is -2.29. The largest absolute Gasteiger partial charge is 0.492 e. The molecule has 0 spiro atoms. The van der Waals surface area contributed by atoms with E-state index >= 15 is 0 Å². The molecular weight excluding hydrogens is 340 g/mol. The van der Waals surface area contributed by atoms with E-state index < -0.39 is 10.0 Å². The first-order valence-corrected chi connectivity index (χ1v) is 9.31. The summed E-state index contributed by atoms with van der Waals surface area (Å²) in [6.07, 6.45) is 0. The highest BCUT2D eigenvalue weighted by molar-refractivity contribution is 7.89. The number of rotatable bonds is 8. The van der Waals surface area contributed by atoms with Crippen molar-refractivity contribution in [3.63, 3.8) is 0 Å². The van der Waals surface area contributed by atoms with E-state index in [-0.39, 0.29) is 17.3 Å². The number of amides is 1. The molecule has 2 aromatic carbocycles. The van der Waals surface area contributed by atoms with Gasteiger partial charge in [0, 0.05) is 7.05 Å². The van der Waals surface area contributed by atoms with Crippen LogP contribution < -0.4 is 10.1 Å². The Balaban J connectivity index is 1.78. The third-order valence-corrected chi connectivity index (χ3v) is 5.32. The maximum Gasteiger partial charge on any atom is 0.243 e. The predicted octanol–water partition coefficient (Wildman–Crippen LogP) is 1.81. The minimum atomic E-state index is -3.67. The predicted molar refractivity (Wildman–Crippen MR) is 95.9 cm³/mol. The zero-order valence-corrected chi connectivity index (χ0v) is 15.1. The normalized spacial score (nSPS) is 11.3. The highest BCUT2D eigenvalue weighted by atomic mass is 32.2. The summed E-state index contributed by atoms with van der Waals surface area (Å²) in [6, 6.07) is 15.6. The number of hydrogen-bond acceptors (Lipinski definition) is 4. The number of nitrogens with zero attached hydrogens (tertiary/aromatic N) is 1. The average Bonchev–Trinajstić information content (AvgIpc) is 2.59. The molecule has 0 aromatic heterocycles. The fourth-order valence-electron chi connectivity index (χ4n) is 2.18. The van der Waals surface area contributed by atoms with Gasteiger partial charge < -0.3 is 10.1 Å². The third kappa shape index (κ3) is 5.58. The molecule has 0 aliphatic rings. The molecule has 0 aliphatic carbocycles. The monoisotopic (exact) mass is 362 g/mol. The van der Waals surface area contributed by atoms with Crippen molar-refractivity contribution in [2.45, 2.75) is 11.8 Å². The van der Waals surface area contributed by atoms with Gasteiger partial charge in [-0.1, -0.05) is 30.3 Å². The smallest absolute Gasteiger partial charge is 0.243 e. The molecule has 2 aromatic rings. The van der Waals surface area contributed by atoms with Crippen LogP contribution in [0.15, 0.2) is 59.5 Å². The van der Waals surface area contributed by atoms with Gasteiger partial charge in [0.2, 0.25) is 15.9 Å². The van der Waals surface area contributed by atoms with Gasteiger partial charge in [-0.3, -0.25) is 4.79 Å². The molecule has 0 atom stereocenters. The summed E-state index contributed by atoms with van der Waals surface area (Å²) in [5.41, 5.74) is 1.09. The summed E-state index contributed by atoms with van der Waals surface area (Å²) in [4.78, 5) is 12.1. The summed E-state index contributed by atoms with van der Waals surface area (Å²) in [6.45, 7) is 2.33. The van der Waals surface area contributed by atoms with Gasteiger partial charge in [-0.2, -0.15) is 4.31 Å². The Hall–Kier alpha value is -2.38. The lowest BCUT2D eigenvalue weighted by molar-refractivity contribution is -0.121. The Morgan fingerprint density at radius 1 is 1.12 bits per heavy atom. The minimum Gasteiger partial charge on any atom is -0.492 e. The maximum atomic E-state index is 12.3. The molecule has 0 radical (unpaired) electrons. The molecule has 0 saturated heterocycles. The maximum absolute atomic E-state index is 12.3. The van der Waals surface area contributed by atoms with E-state index in [2.05, 4.69) is 5.32 Å². The van der Waals surface area contributed by atoms with Crippen LogP contribution in [-0.2, 0) is 14.8 Å². The van der Waals surface area contributed by atoms with Crippen LogP contribution in [0.25, 0.3) is 0 Å². The molecule has 0 heterocycles. The van der Waals surface area contributed by atoms with Crippen LogP contribution in [0.2, 0.25) is 0 Å². The van der Waals surface area contributed by atoms with Gasteiger partial charge in [0.05, 0.1) is 18.0 Å². The third-order valence-electron chi connectivity index (χ3n) is 3.50. The molecule has 7 heteroatoms. The fraction of sp³-hybridized carbons (Fsp3) is 0.278. The first-order chi connectivity index (χ1) is 11.9. The Kier molecular flexibility index (Phi) is 6.55. The van der Waals surface area contributed by atoms with E-state index in [0.29, 0.717) is 13.2 Å². The Bertz CT molecular complexity index is 807. The number of aryl methyl sites for hydroxylation is 1. The second-order valence-electron chi connectivity index (χ2n) is 5.59. The number of carbonyl (C=O) groups excluding carboxylic acids is 1. The van der Waals surface area contributed by atoms with Crippen molar-refractivity contribution in [1.82, 2.24) is 9.62 Å². The quantitative estimate of drug-likeness (QED) is 0.727. The number of hydrogen-bond donors (Lipinski definition) is 1. The van der Waals surface area contributed by atoms with E-state index in [0.717, 1.165) is 15.6 Å². The highest BCUT2D eigenvalue weighted by Crippen LogP contribution is 2.13. The van der Waals surface area contributed by atoms with Gasteiger partial charge in [0.15, 0.2) is 0 Å². The van der Waals surface area contributed by atoms with Crippen molar-refractivity contribution >= 4 is 15.9 Å². The van der Waals surface area contributed by atoms with E-state index in [9.17, 15) is 13.2 Å². The number of ether oxygens (including phenoxy) is 1. The fourth-order valence-corrected chi connectivity index (χ4v) is 3.33. The molecule has 0 fully saturated rings. The van der Waals surface area contributed by atoms with Crippen LogP contribution in [0, 0.1) is 6.92 Å². The number of benzene rings is 2. The molecule has 0 saturated carbocycles. The molecule has 6 nitrogen and oxygen atoms in total. The summed E-state index contributed by atoms with van der Waals surface area (Å²) in [5.74, 6) is 0.355. The zero-order chi connectivity index (χ0) is 18.3. The molecule has 0 unspecified atom stereocenters. The van der Waals surface area contributed by atoms with Crippen molar-refractivity contribution in [1.29, 1.82) is 0 Å². The first-order valence-electron chi connectivity index (χ1n) is 7.87. The topological polar surface area (TPSA) is 75.7 Å². The van der Waals surface area contributed by atoms with Gasteiger partial charge in [0.25, 0.3) is 0 Å². The second-order valence-corrected chi connectivity index (χ2v) is 7.63. The minimum absolute atomic E-state index is 0.160. The van der Waals surface area contributed by atoms with Crippen LogP contribution in [0.3, 0.4) is 0 Å². The lowest BCUT2D eigenvalue weighted by atomic mass is 10.2. The highest BCUT2D eigenvalue weighted by Gasteiger charge is 2.22.